The molecule has 156 valence electrons. The summed E-state index contributed by atoms with van der Waals surface area (Å²) in [7, 11) is 0. The van der Waals surface area contributed by atoms with Crippen LogP contribution in [0.15, 0.2) is 36.7 Å². The fourth-order valence-electron chi connectivity index (χ4n) is 3.63. The molecule has 1 fully saturated rings. The lowest BCUT2D eigenvalue weighted by Gasteiger charge is -2.35. The highest BCUT2D eigenvalue weighted by molar-refractivity contribution is 6.30. The smallest absolute Gasteiger partial charge is 0.227 e. The number of anilines is 1. The highest BCUT2D eigenvalue weighted by atomic mass is 35.5. The minimum atomic E-state index is 0.140. The number of aromatic nitrogens is 4. The second-order valence-corrected chi connectivity index (χ2v) is 8.02. The zero-order chi connectivity index (χ0) is 21.3. The molecular weight excluding hydrogens is 400 g/mol. The topological polar surface area (TPSA) is 67.2 Å². The van der Waals surface area contributed by atoms with E-state index in [0.717, 1.165) is 47.5 Å². The average Bonchev–Trinajstić information content (AvgIpc) is 3.08. The van der Waals surface area contributed by atoms with Crippen molar-refractivity contribution < 1.29 is 4.79 Å². The molecule has 7 nitrogen and oxygen atoms in total. The Kier molecular flexibility index (Phi) is 5.72. The normalized spacial score (nSPS) is 14.3. The van der Waals surface area contributed by atoms with Crippen LogP contribution in [0.4, 0.5) is 5.82 Å². The molecule has 0 saturated carbocycles. The fourth-order valence-corrected chi connectivity index (χ4v) is 3.75. The Balaban J connectivity index is 1.43. The maximum atomic E-state index is 12.7. The first kappa shape index (κ1) is 20.3. The van der Waals surface area contributed by atoms with Crippen LogP contribution in [-0.4, -0.2) is 56.5 Å². The Bertz CT molecular complexity index is 1050. The second-order valence-electron chi connectivity index (χ2n) is 7.59. The van der Waals surface area contributed by atoms with Crippen LogP contribution < -0.4 is 4.90 Å². The number of imidazole rings is 1. The summed E-state index contributed by atoms with van der Waals surface area (Å²) in [6.45, 7) is 8.75. The summed E-state index contributed by atoms with van der Waals surface area (Å²) in [4.78, 5) is 30.4. The molecule has 4 rings (SSSR count). The lowest BCUT2D eigenvalue weighted by molar-refractivity contribution is -0.130. The highest BCUT2D eigenvalue weighted by Crippen LogP contribution is 2.20. The van der Waals surface area contributed by atoms with Crippen molar-refractivity contribution in [1.82, 2.24) is 24.4 Å². The predicted octanol–water partition coefficient (Wildman–Crippen LogP) is 3.13. The summed E-state index contributed by atoms with van der Waals surface area (Å²) >= 11 is 5.93. The summed E-state index contributed by atoms with van der Waals surface area (Å²) in [5, 5.41) is 0.681. The van der Waals surface area contributed by atoms with Crippen LogP contribution in [-0.2, 0) is 11.2 Å². The van der Waals surface area contributed by atoms with Gasteiger partial charge >= 0.3 is 0 Å². The van der Waals surface area contributed by atoms with Crippen molar-refractivity contribution in [2.45, 2.75) is 27.2 Å². The van der Waals surface area contributed by atoms with E-state index in [-0.39, 0.29) is 5.91 Å². The monoisotopic (exact) mass is 424 g/mol. The number of hydrogen-bond donors (Lipinski definition) is 0. The highest BCUT2D eigenvalue weighted by Gasteiger charge is 2.23. The number of halogens is 1. The molecule has 8 heteroatoms. The van der Waals surface area contributed by atoms with E-state index in [1.165, 1.54) is 0 Å². The van der Waals surface area contributed by atoms with Crippen LogP contribution in [0.1, 0.15) is 22.8 Å². The number of nitrogens with zero attached hydrogens (tertiary/aromatic N) is 6. The zero-order valence-electron chi connectivity index (χ0n) is 17.5. The number of amides is 1. The van der Waals surface area contributed by atoms with Crippen LogP contribution in [0.3, 0.4) is 0 Å². The van der Waals surface area contributed by atoms with Gasteiger partial charge in [-0.05, 0) is 38.5 Å². The third-order valence-electron chi connectivity index (χ3n) is 5.53. The number of aryl methyl sites for hydroxylation is 2. The molecule has 1 aliphatic heterocycles. The van der Waals surface area contributed by atoms with Crippen molar-refractivity contribution in [3.05, 3.63) is 64.5 Å². The number of hydrogen-bond acceptors (Lipinski definition) is 5. The molecular formula is C22H25ClN6O. The zero-order valence-corrected chi connectivity index (χ0v) is 18.2. The van der Waals surface area contributed by atoms with Crippen LogP contribution in [0.2, 0.25) is 5.02 Å². The molecule has 3 aromatic rings. The Morgan fingerprint density at radius 3 is 2.30 bits per heavy atom. The van der Waals surface area contributed by atoms with Gasteiger partial charge in [-0.2, -0.15) is 0 Å². The van der Waals surface area contributed by atoms with E-state index in [9.17, 15) is 4.79 Å². The average molecular weight is 425 g/mol. The van der Waals surface area contributed by atoms with Gasteiger partial charge < -0.3 is 9.80 Å². The quantitative estimate of drug-likeness (QED) is 0.643. The molecule has 0 radical (unpaired) electrons. The van der Waals surface area contributed by atoms with E-state index in [1.807, 2.05) is 60.6 Å². The summed E-state index contributed by atoms with van der Waals surface area (Å²) < 4.78 is 1.99. The maximum Gasteiger partial charge on any atom is 0.227 e. The molecule has 1 aliphatic rings. The summed E-state index contributed by atoms with van der Waals surface area (Å²) in [5.41, 5.74) is 3.03. The lowest BCUT2D eigenvalue weighted by Crippen LogP contribution is -2.49. The van der Waals surface area contributed by atoms with Gasteiger partial charge in [0.05, 0.1) is 12.1 Å². The van der Waals surface area contributed by atoms with Crippen LogP contribution in [0.5, 0.6) is 0 Å². The molecule has 0 spiro atoms. The van der Waals surface area contributed by atoms with Gasteiger partial charge in [0.2, 0.25) is 5.91 Å². The van der Waals surface area contributed by atoms with E-state index in [1.54, 1.807) is 6.33 Å². The van der Waals surface area contributed by atoms with Gasteiger partial charge in [0.15, 0.2) is 0 Å². The molecule has 1 amide bonds. The van der Waals surface area contributed by atoms with Gasteiger partial charge in [-0.3, -0.25) is 9.36 Å². The van der Waals surface area contributed by atoms with E-state index < -0.39 is 0 Å². The largest absolute Gasteiger partial charge is 0.353 e. The van der Waals surface area contributed by atoms with Crippen molar-refractivity contribution in [2.24, 2.45) is 0 Å². The van der Waals surface area contributed by atoms with Gasteiger partial charge in [-0.15, -0.1) is 0 Å². The first-order valence-corrected chi connectivity index (χ1v) is 10.4. The maximum absolute atomic E-state index is 12.7. The van der Waals surface area contributed by atoms with Crippen LogP contribution in [0.25, 0.3) is 5.82 Å². The first-order valence-electron chi connectivity index (χ1n) is 10.0. The molecule has 3 heterocycles. The number of rotatable bonds is 4. The number of carbonyl (C=O) groups excluding carboxylic acids is 1. The lowest BCUT2D eigenvalue weighted by atomic mass is 10.1. The fraction of sp³-hybridized carbons (Fsp3) is 0.364. The van der Waals surface area contributed by atoms with E-state index in [0.29, 0.717) is 24.5 Å². The van der Waals surface area contributed by atoms with Gasteiger partial charge in [-0.1, -0.05) is 23.7 Å². The van der Waals surface area contributed by atoms with Crippen molar-refractivity contribution in [2.75, 3.05) is 31.1 Å². The third kappa shape index (κ3) is 4.31. The third-order valence-corrected chi connectivity index (χ3v) is 5.79. The molecule has 0 aliphatic carbocycles. The SMILES string of the molecule is Cc1nc(N2CCN(C(=O)Cc3ccc(Cl)cc3)CC2)cc(-n2cnc(C)c2C)n1. The van der Waals surface area contributed by atoms with Crippen molar-refractivity contribution >= 4 is 23.3 Å². The second kappa shape index (κ2) is 8.44. The molecule has 0 atom stereocenters. The number of carbonyl (C=O) groups is 1. The Labute approximate surface area is 181 Å². The van der Waals surface area contributed by atoms with Crippen LogP contribution in [0, 0.1) is 20.8 Å². The summed E-state index contributed by atoms with van der Waals surface area (Å²) in [5.74, 6) is 2.56. The summed E-state index contributed by atoms with van der Waals surface area (Å²) in [6.07, 6.45) is 2.19. The standard InChI is InChI=1S/C22H25ClN6O/c1-15-16(2)29(14-24-15)21-13-20(25-17(3)26-21)27-8-10-28(11-9-27)22(30)12-18-4-6-19(23)7-5-18/h4-7,13-14H,8-12H2,1-3H3. The molecule has 1 aromatic carbocycles. The number of piperazine rings is 1. The van der Waals surface area contributed by atoms with Gasteiger partial charge in [-0.25, -0.2) is 15.0 Å². The van der Waals surface area contributed by atoms with Crippen LogP contribution >= 0.6 is 11.6 Å². The molecule has 2 aromatic heterocycles. The first-order chi connectivity index (χ1) is 14.4. The van der Waals surface area contributed by atoms with E-state index >= 15 is 0 Å². The van der Waals surface area contributed by atoms with Crippen molar-refractivity contribution in [1.29, 1.82) is 0 Å². The van der Waals surface area contributed by atoms with E-state index in [4.69, 9.17) is 11.6 Å². The molecule has 0 bridgehead atoms. The van der Waals surface area contributed by atoms with Crippen molar-refractivity contribution in [3.8, 4) is 5.82 Å². The van der Waals surface area contributed by atoms with E-state index in [2.05, 4.69) is 19.9 Å². The van der Waals surface area contributed by atoms with Gasteiger partial charge in [0, 0.05) is 43.0 Å². The van der Waals surface area contributed by atoms with Crippen molar-refractivity contribution in [3.63, 3.8) is 0 Å². The molecule has 30 heavy (non-hydrogen) atoms. The Morgan fingerprint density at radius 2 is 1.67 bits per heavy atom. The summed E-state index contributed by atoms with van der Waals surface area (Å²) in [6, 6.07) is 9.44. The molecule has 1 saturated heterocycles. The molecule has 0 N–H and O–H groups in total. The minimum absolute atomic E-state index is 0.140. The molecule has 0 unspecified atom stereocenters. The predicted molar refractivity (Wildman–Crippen MR) is 117 cm³/mol. The van der Waals surface area contributed by atoms with Gasteiger partial charge in [0.25, 0.3) is 0 Å². The van der Waals surface area contributed by atoms with Gasteiger partial charge in [0.1, 0.15) is 23.8 Å². The minimum Gasteiger partial charge on any atom is -0.353 e. The Hall–Kier alpha value is -2.93. The number of benzene rings is 1. The Morgan fingerprint density at radius 1 is 1.00 bits per heavy atom.